The second kappa shape index (κ2) is 8.77. The highest BCUT2D eigenvalue weighted by Crippen LogP contribution is 2.20. The molecule has 0 aromatic heterocycles. The molecule has 0 fully saturated rings. The van der Waals surface area contributed by atoms with Crippen LogP contribution in [-0.4, -0.2) is 44.6 Å². The largest absolute Gasteiger partial charge is 0.494 e. The fraction of sp³-hybridized carbons (Fsp3) is 0.500. The lowest BCUT2D eigenvalue weighted by molar-refractivity contribution is 0.0796. The summed E-state index contributed by atoms with van der Waals surface area (Å²) < 4.78 is 5.51. The van der Waals surface area contributed by atoms with Crippen LogP contribution in [-0.2, 0) is 0 Å². The van der Waals surface area contributed by atoms with E-state index in [1.54, 1.807) is 11.9 Å². The van der Waals surface area contributed by atoms with Gasteiger partial charge in [0.25, 0.3) is 5.91 Å². The summed E-state index contributed by atoms with van der Waals surface area (Å²) in [7, 11) is 3.68. The van der Waals surface area contributed by atoms with Gasteiger partial charge in [0.1, 0.15) is 5.75 Å². The van der Waals surface area contributed by atoms with Gasteiger partial charge in [-0.3, -0.25) is 4.79 Å². The van der Waals surface area contributed by atoms with Crippen LogP contribution in [0.15, 0.2) is 18.2 Å². The van der Waals surface area contributed by atoms with Crippen molar-refractivity contribution in [1.82, 2.24) is 10.2 Å². The molecule has 0 radical (unpaired) electrons. The Bertz CT molecular complexity index is 410. The summed E-state index contributed by atoms with van der Waals surface area (Å²) in [5.74, 6) is 0.802. The third kappa shape index (κ3) is 5.09. The molecule has 0 aliphatic rings. The molecule has 0 aliphatic heterocycles. The number of benzene rings is 1. The van der Waals surface area contributed by atoms with Crippen molar-refractivity contribution >= 4 is 18.3 Å². The number of hydrogen-bond acceptors (Lipinski definition) is 3. The van der Waals surface area contributed by atoms with Crippen LogP contribution in [0.2, 0.25) is 0 Å². The van der Waals surface area contributed by atoms with Crippen LogP contribution in [0, 0.1) is 6.92 Å². The molecule has 0 heterocycles. The molecule has 19 heavy (non-hydrogen) atoms. The van der Waals surface area contributed by atoms with E-state index in [9.17, 15) is 4.79 Å². The van der Waals surface area contributed by atoms with Crippen molar-refractivity contribution in [1.29, 1.82) is 0 Å². The molecule has 0 bridgehead atoms. The Balaban J connectivity index is 0.00000324. The number of nitrogens with one attached hydrogen (secondary N) is 1. The van der Waals surface area contributed by atoms with E-state index in [0.29, 0.717) is 18.7 Å². The van der Waals surface area contributed by atoms with E-state index in [0.717, 1.165) is 17.9 Å². The molecule has 1 N–H and O–H groups in total. The summed E-state index contributed by atoms with van der Waals surface area (Å²) in [6, 6.07) is 5.58. The summed E-state index contributed by atoms with van der Waals surface area (Å²) in [6.45, 7) is 5.99. The zero-order chi connectivity index (χ0) is 13.5. The molecule has 0 spiro atoms. The average Bonchev–Trinajstić information content (AvgIpc) is 2.38. The fourth-order valence-electron chi connectivity index (χ4n) is 1.65. The monoisotopic (exact) mass is 286 g/mol. The van der Waals surface area contributed by atoms with Crippen LogP contribution in [0.1, 0.15) is 22.8 Å². The average molecular weight is 287 g/mol. The van der Waals surface area contributed by atoms with Gasteiger partial charge < -0.3 is 15.0 Å². The van der Waals surface area contributed by atoms with Gasteiger partial charge in [-0.05, 0) is 38.6 Å². The zero-order valence-electron chi connectivity index (χ0n) is 12.0. The number of rotatable bonds is 6. The predicted molar refractivity (Wildman–Crippen MR) is 80.5 cm³/mol. The van der Waals surface area contributed by atoms with Gasteiger partial charge in [-0.15, -0.1) is 12.4 Å². The molecular weight excluding hydrogens is 264 g/mol. The van der Waals surface area contributed by atoms with Crippen LogP contribution in [0.25, 0.3) is 0 Å². The molecule has 0 atom stereocenters. The smallest absolute Gasteiger partial charge is 0.253 e. The summed E-state index contributed by atoms with van der Waals surface area (Å²) in [5, 5.41) is 3.03. The molecule has 0 unspecified atom stereocenters. The van der Waals surface area contributed by atoms with Crippen LogP contribution in [0.4, 0.5) is 0 Å². The highest BCUT2D eigenvalue weighted by atomic mass is 35.5. The van der Waals surface area contributed by atoms with E-state index in [1.165, 1.54) is 0 Å². The summed E-state index contributed by atoms with van der Waals surface area (Å²) in [4.78, 5) is 13.9. The van der Waals surface area contributed by atoms with E-state index >= 15 is 0 Å². The van der Waals surface area contributed by atoms with Gasteiger partial charge in [-0.1, -0.05) is 6.07 Å². The van der Waals surface area contributed by atoms with Gasteiger partial charge in [0.15, 0.2) is 0 Å². The van der Waals surface area contributed by atoms with Crippen LogP contribution in [0.3, 0.4) is 0 Å². The van der Waals surface area contributed by atoms with E-state index in [2.05, 4.69) is 5.32 Å². The number of ether oxygens (including phenoxy) is 1. The maximum absolute atomic E-state index is 12.2. The predicted octanol–water partition coefficient (Wildman–Crippen LogP) is 2.11. The third-order valence-electron chi connectivity index (χ3n) is 2.78. The molecule has 0 aliphatic carbocycles. The van der Waals surface area contributed by atoms with Crippen molar-refractivity contribution in [2.75, 3.05) is 33.8 Å². The molecule has 1 aromatic rings. The third-order valence-corrected chi connectivity index (χ3v) is 2.78. The highest BCUT2D eigenvalue weighted by molar-refractivity contribution is 5.94. The highest BCUT2D eigenvalue weighted by Gasteiger charge is 2.12. The van der Waals surface area contributed by atoms with Gasteiger partial charge in [-0.25, -0.2) is 0 Å². The molecule has 1 amide bonds. The molecule has 5 heteroatoms. The van der Waals surface area contributed by atoms with Crippen molar-refractivity contribution in [3.05, 3.63) is 29.3 Å². The fourth-order valence-corrected chi connectivity index (χ4v) is 1.65. The molecule has 0 saturated heterocycles. The van der Waals surface area contributed by atoms with Gasteiger partial charge in [0, 0.05) is 25.7 Å². The molecule has 1 aromatic carbocycles. The first-order valence-electron chi connectivity index (χ1n) is 6.23. The van der Waals surface area contributed by atoms with Crippen molar-refractivity contribution in [3.8, 4) is 5.75 Å². The molecule has 4 nitrogen and oxygen atoms in total. The summed E-state index contributed by atoms with van der Waals surface area (Å²) >= 11 is 0. The number of likely N-dealkylation sites (N-methyl/N-ethyl adjacent to an activating group) is 2. The number of nitrogens with zero attached hydrogens (tertiary/aromatic N) is 1. The van der Waals surface area contributed by atoms with Crippen molar-refractivity contribution in [2.24, 2.45) is 0 Å². The minimum Gasteiger partial charge on any atom is -0.494 e. The van der Waals surface area contributed by atoms with E-state index in [4.69, 9.17) is 4.74 Å². The van der Waals surface area contributed by atoms with Crippen molar-refractivity contribution < 1.29 is 9.53 Å². The Kier molecular flexibility index (Phi) is 8.19. The molecule has 0 saturated carbocycles. The minimum atomic E-state index is 0. The van der Waals surface area contributed by atoms with Crippen LogP contribution < -0.4 is 10.1 Å². The lowest BCUT2D eigenvalue weighted by Gasteiger charge is -2.17. The molecule has 1 rings (SSSR count). The zero-order valence-corrected chi connectivity index (χ0v) is 12.8. The summed E-state index contributed by atoms with van der Waals surface area (Å²) in [6.07, 6.45) is 0. The normalized spacial score (nSPS) is 9.68. The molecule has 108 valence electrons. The topological polar surface area (TPSA) is 41.6 Å². The van der Waals surface area contributed by atoms with Gasteiger partial charge in [0.05, 0.1) is 6.61 Å². The standard InChI is InChI=1S/C14H22N2O2.ClH/c1-5-18-13-10-12(7-6-11(13)2)14(17)16(4)9-8-15-3;/h6-7,10,15H,5,8-9H2,1-4H3;1H. The minimum absolute atomic E-state index is 0. The lowest BCUT2D eigenvalue weighted by Crippen LogP contribution is -2.32. The Morgan fingerprint density at radius 2 is 2.11 bits per heavy atom. The Labute approximate surface area is 121 Å². The number of aryl methyl sites for hydroxylation is 1. The van der Waals surface area contributed by atoms with Gasteiger partial charge in [-0.2, -0.15) is 0 Å². The number of halogens is 1. The second-order valence-corrected chi connectivity index (χ2v) is 4.24. The van der Waals surface area contributed by atoms with Crippen molar-refractivity contribution in [3.63, 3.8) is 0 Å². The van der Waals surface area contributed by atoms with Crippen LogP contribution >= 0.6 is 12.4 Å². The maximum atomic E-state index is 12.2. The Morgan fingerprint density at radius 3 is 2.68 bits per heavy atom. The maximum Gasteiger partial charge on any atom is 0.253 e. The van der Waals surface area contributed by atoms with Crippen LogP contribution in [0.5, 0.6) is 5.75 Å². The SMILES string of the molecule is CCOc1cc(C(=O)N(C)CCNC)ccc1C.Cl. The first-order valence-corrected chi connectivity index (χ1v) is 6.23. The van der Waals surface area contributed by atoms with Crippen molar-refractivity contribution in [2.45, 2.75) is 13.8 Å². The number of amides is 1. The van der Waals surface area contributed by atoms with E-state index in [-0.39, 0.29) is 18.3 Å². The lowest BCUT2D eigenvalue weighted by atomic mass is 10.1. The summed E-state index contributed by atoms with van der Waals surface area (Å²) in [5.41, 5.74) is 1.72. The quantitative estimate of drug-likeness (QED) is 0.871. The first kappa shape index (κ1) is 17.7. The van der Waals surface area contributed by atoms with Gasteiger partial charge >= 0.3 is 0 Å². The van der Waals surface area contributed by atoms with E-state index < -0.39 is 0 Å². The Hall–Kier alpha value is -1.26. The number of carbonyl (C=O) groups is 1. The van der Waals surface area contributed by atoms with Gasteiger partial charge in [0.2, 0.25) is 0 Å². The van der Waals surface area contributed by atoms with E-state index in [1.807, 2.05) is 39.1 Å². The number of carbonyl (C=O) groups excluding carboxylic acids is 1. The number of hydrogen-bond donors (Lipinski definition) is 1. The molecular formula is C14H23ClN2O2. The second-order valence-electron chi connectivity index (χ2n) is 4.24. The first-order chi connectivity index (χ1) is 8.60. The Morgan fingerprint density at radius 1 is 1.42 bits per heavy atom.